The lowest BCUT2D eigenvalue weighted by atomic mass is 10.1. The van der Waals surface area contributed by atoms with E-state index in [9.17, 15) is 4.79 Å². The Labute approximate surface area is 162 Å². The van der Waals surface area contributed by atoms with Crippen molar-refractivity contribution in [1.82, 2.24) is 16.0 Å². The maximum Gasteiger partial charge on any atom is 0.261 e. The van der Waals surface area contributed by atoms with Gasteiger partial charge in [0.1, 0.15) is 11.3 Å². The summed E-state index contributed by atoms with van der Waals surface area (Å²) in [7, 11) is 1.74. The molecule has 0 aliphatic rings. The van der Waals surface area contributed by atoms with Gasteiger partial charge in [0, 0.05) is 31.1 Å². The summed E-state index contributed by atoms with van der Waals surface area (Å²) in [6, 6.07) is 11.7. The van der Waals surface area contributed by atoms with Gasteiger partial charge in [-0.25, -0.2) is 0 Å². The van der Waals surface area contributed by atoms with Crippen molar-refractivity contribution in [2.75, 3.05) is 20.1 Å². The Morgan fingerprint density at radius 1 is 1.11 bits per heavy atom. The normalized spacial score (nSPS) is 11.6. The number of benzene rings is 1. The molecule has 3 N–H and O–H groups in total. The van der Waals surface area contributed by atoms with Gasteiger partial charge in [0.2, 0.25) is 0 Å². The number of guanidine groups is 1. The van der Waals surface area contributed by atoms with Gasteiger partial charge in [-0.3, -0.25) is 9.79 Å². The third-order valence-electron chi connectivity index (χ3n) is 4.26. The molecule has 27 heavy (non-hydrogen) atoms. The fraction of sp³-hybridized carbons (Fsp3) is 0.300. The Balaban J connectivity index is 1.40. The lowest BCUT2D eigenvalue weighted by molar-refractivity contribution is 0.0957. The van der Waals surface area contributed by atoms with E-state index in [4.69, 9.17) is 4.42 Å². The van der Waals surface area contributed by atoms with Gasteiger partial charge in [0.25, 0.3) is 5.91 Å². The number of hydrogen-bond acceptors (Lipinski definition) is 4. The highest BCUT2D eigenvalue weighted by molar-refractivity contribution is 7.12. The topological polar surface area (TPSA) is 78.7 Å². The first kappa shape index (κ1) is 19.0. The molecule has 7 heteroatoms. The van der Waals surface area contributed by atoms with Crippen LogP contribution in [0.2, 0.25) is 0 Å². The van der Waals surface area contributed by atoms with Crippen LogP contribution in [0, 0.1) is 6.92 Å². The van der Waals surface area contributed by atoms with Crippen molar-refractivity contribution in [2.24, 2.45) is 4.99 Å². The van der Waals surface area contributed by atoms with Gasteiger partial charge in [-0.1, -0.05) is 24.3 Å². The molecule has 142 valence electrons. The van der Waals surface area contributed by atoms with E-state index in [-0.39, 0.29) is 5.91 Å². The van der Waals surface area contributed by atoms with Crippen molar-refractivity contribution in [1.29, 1.82) is 0 Å². The van der Waals surface area contributed by atoms with Crippen molar-refractivity contribution in [3.8, 4) is 0 Å². The van der Waals surface area contributed by atoms with E-state index < -0.39 is 0 Å². The quantitative estimate of drug-likeness (QED) is 0.332. The molecule has 2 heterocycles. The monoisotopic (exact) mass is 384 g/mol. The highest BCUT2D eigenvalue weighted by Crippen LogP contribution is 2.24. The van der Waals surface area contributed by atoms with E-state index in [0.717, 1.165) is 33.6 Å². The van der Waals surface area contributed by atoms with E-state index in [1.54, 1.807) is 7.05 Å². The Bertz CT molecular complexity index is 915. The van der Waals surface area contributed by atoms with Crippen molar-refractivity contribution in [3.63, 3.8) is 0 Å². The lowest BCUT2D eigenvalue weighted by Crippen LogP contribution is -2.38. The van der Waals surface area contributed by atoms with Crippen LogP contribution in [0.25, 0.3) is 11.0 Å². The second kappa shape index (κ2) is 9.23. The molecule has 0 bridgehead atoms. The number of aryl methyl sites for hydroxylation is 1. The zero-order valence-corrected chi connectivity index (χ0v) is 16.4. The number of amides is 1. The summed E-state index contributed by atoms with van der Waals surface area (Å²) in [5.41, 5.74) is 2.04. The zero-order chi connectivity index (χ0) is 19.1. The summed E-state index contributed by atoms with van der Waals surface area (Å²) < 4.78 is 5.91. The summed E-state index contributed by atoms with van der Waals surface area (Å²) in [4.78, 5) is 16.8. The number of hydrogen-bond donors (Lipinski definition) is 3. The largest absolute Gasteiger partial charge is 0.459 e. The molecule has 0 saturated heterocycles. The Kier molecular flexibility index (Phi) is 6.49. The van der Waals surface area contributed by atoms with E-state index in [2.05, 4.69) is 33.9 Å². The van der Waals surface area contributed by atoms with Crippen LogP contribution >= 0.6 is 11.3 Å². The van der Waals surface area contributed by atoms with Crippen LogP contribution in [0.15, 0.2) is 51.2 Å². The Morgan fingerprint density at radius 2 is 1.93 bits per heavy atom. The molecule has 0 unspecified atom stereocenters. The van der Waals surface area contributed by atoms with Gasteiger partial charge in [0.05, 0.1) is 11.4 Å². The van der Waals surface area contributed by atoms with Gasteiger partial charge in [-0.2, -0.15) is 0 Å². The summed E-state index contributed by atoms with van der Waals surface area (Å²) in [5.74, 6) is 1.59. The number of thiophene rings is 1. The first-order chi connectivity index (χ1) is 13.2. The van der Waals surface area contributed by atoms with Crippen molar-refractivity contribution < 1.29 is 9.21 Å². The first-order valence-electron chi connectivity index (χ1n) is 8.92. The molecule has 3 rings (SSSR count). The first-order valence-corrected chi connectivity index (χ1v) is 9.80. The average Bonchev–Trinajstić information content (AvgIpc) is 3.33. The molecule has 0 fully saturated rings. The van der Waals surface area contributed by atoms with Crippen LogP contribution in [0.5, 0.6) is 0 Å². The minimum Gasteiger partial charge on any atom is -0.459 e. The molecule has 1 aromatic carbocycles. The van der Waals surface area contributed by atoms with E-state index >= 15 is 0 Å². The second-order valence-corrected chi connectivity index (χ2v) is 7.03. The van der Waals surface area contributed by atoms with Gasteiger partial charge >= 0.3 is 0 Å². The number of para-hydroxylation sites is 1. The van der Waals surface area contributed by atoms with Gasteiger partial charge in [-0.05, 0) is 30.9 Å². The lowest BCUT2D eigenvalue weighted by Gasteiger charge is -2.11. The van der Waals surface area contributed by atoms with Crippen molar-refractivity contribution in [3.05, 3.63) is 58.0 Å². The molecule has 0 radical (unpaired) electrons. The molecule has 0 aliphatic heterocycles. The molecule has 2 aromatic heterocycles. The van der Waals surface area contributed by atoms with Crippen LogP contribution in [-0.4, -0.2) is 32.0 Å². The maximum absolute atomic E-state index is 11.9. The van der Waals surface area contributed by atoms with Crippen LogP contribution in [0.4, 0.5) is 0 Å². The molecule has 0 aliphatic carbocycles. The number of fused-ring (bicyclic) bond motifs is 1. The molecule has 0 spiro atoms. The molecule has 0 saturated carbocycles. The molecular weight excluding hydrogens is 360 g/mol. The fourth-order valence-corrected chi connectivity index (χ4v) is 3.41. The minimum absolute atomic E-state index is 0.0205. The smallest absolute Gasteiger partial charge is 0.261 e. The summed E-state index contributed by atoms with van der Waals surface area (Å²) >= 11 is 1.44. The van der Waals surface area contributed by atoms with Crippen LogP contribution in [-0.2, 0) is 6.54 Å². The number of rotatable bonds is 7. The predicted molar refractivity (Wildman–Crippen MR) is 110 cm³/mol. The van der Waals surface area contributed by atoms with Gasteiger partial charge in [-0.15, -0.1) is 11.3 Å². The van der Waals surface area contributed by atoms with E-state index in [1.165, 1.54) is 11.3 Å². The minimum atomic E-state index is -0.0205. The SMILES string of the molecule is CN=C(NCCCNC(=O)c1cccs1)NCc1oc2ccccc2c1C. The summed E-state index contributed by atoms with van der Waals surface area (Å²) in [6.07, 6.45) is 0.807. The number of aliphatic imine (C=N–C) groups is 1. The number of nitrogens with zero attached hydrogens (tertiary/aromatic N) is 1. The van der Waals surface area contributed by atoms with Crippen LogP contribution in [0.1, 0.15) is 27.4 Å². The van der Waals surface area contributed by atoms with Gasteiger partial charge < -0.3 is 20.4 Å². The Morgan fingerprint density at radius 3 is 2.67 bits per heavy atom. The fourth-order valence-electron chi connectivity index (χ4n) is 2.77. The van der Waals surface area contributed by atoms with Crippen molar-refractivity contribution in [2.45, 2.75) is 19.9 Å². The highest BCUT2D eigenvalue weighted by atomic mass is 32.1. The van der Waals surface area contributed by atoms with Crippen molar-refractivity contribution >= 4 is 34.2 Å². The van der Waals surface area contributed by atoms with Crippen LogP contribution in [0.3, 0.4) is 0 Å². The number of nitrogens with one attached hydrogen (secondary N) is 3. The van der Waals surface area contributed by atoms with E-state index in [1.807, 2.05) is 35.7 Å². The number of carbonyl (C=O) groups is 1. The van der Waals surface area contributed by atoms with E-state index in [0.29, 0.717) is 25.6 Å². The van der Waals surface area contributed by atoms with Gasteiger partial charge in [0.15, 0.2) is 5.96 Å². The summed E-state index contributed by atoms with van der Waals surface area (Å²) in [6.45, 7) is 3.96. The predicted octanol–water partition coefficient (Wildman–Crippen LogP) is 3.29. The number of furan rings is 1. The standard InChI is InChI=1S/C20H24N4O2S/c1-14-15-7-3-4-8-16(15)26-17(14)13-24-20(21-2)23-11-6-10-22-19(25)18-9-5-12-27-18/h3-5,7-9,12H,6,10-11,13H2,1-2H3,(H,22,25)(H2,21,23,24). The highest BCUT2D eigenvalue weighted by Gasteiger charge is 2.10. The zero-order valence-electron chi connectivity index (χ0n) is 15.5. The summed E-state index contributed by atoms with van der Waals surface area (Å²) in [5, 5.41) is 12.5. The maximum atomic E-state index is 11.9. The second-order valence-electron chi connectivity index (χ2n) is 6.09. The molecule has 6 nitrogen and oxygen atoms in total. The number of carbonyl (C=O) groups excluding carboxylic acids is 1. The Hall–Kier alpha value is -2.80. The molecule has 0 atom stereocenters. The molecule has 1 amide bonds. The molecular formula is C20H24N4O2S. The average molecular weight is 385 g/mol. The van der Waals surface area contributed by atoms with Crippen LogP contribution < -0.4 is 16.0 Å². The third kappa shape index (κ3) is 4.89. The third-order valence-corrected chi connectivity index (χ3v) is 5.13. The molecule has 3 aromatic rings.